The van der Waals surface area contributed by atoms with Crippen molar-refractivity contribution in [3.63, 3.8) is 0 Å². The van der Waals surface area contributed by atoms with E-state index in [1.807, 2.05) is 6.07 Å². The third-order valence-corrected chi connectivity index (χ3v) is 3.10. The molecule has 0 saturated heterocycles. The fraction of sp³-hybridized carbons (Fsp3) is 0.462. The van der Waals surface area contributed by atoms with Crippen molar-refractivity contribution in [2.24, 2.45) is 0 Å². The maximum absolute atomic E-state index is 13.4. The Kier molecular flexibility index (Phi) is 3.89. The van der Waals surface area contributed by atoms with Gasteiger partial charge in [-0.15, -0.1) is 0 Å². The van der Waals surface area contributed by atoms with Gasteiger partial charge in [0.25, 0.3) is 0 Å². The zero-order valence-corrected chi connectivity index (χ0v) is 9.97. The Labute approximate surface area is 96.1 Å². The highest BCUT2D eigenvalue weighted by molar-refractivity contribution is 5.49. The third kappa shape index (κ3) is 2.73. The molecule has 0 bridgehead atoms. The number of nitrogens with zero attached hydrogens (tertiary/aromatic N) is 1. The molecule has 1 N–H and O–H groups in total. The Morgan fingerprint density at radius 3 is 2.44 bits per heavy atom. The molecule has 0 amide bonds. The van der Waals surface area contributed by atoms with Crippen LogP contribution in [0.2, 0.25) is 0 Å². The highest BCUT2D eigenvalue weighted by atomic mass is 19.1. The molecule has 2 nitrogen and oxygen atoms in total. The van der Waals surface area contributed by atoms with Gasteiger partial charge in [0.2, 0.25) is 0 Å². The molecular weight excluding hydrogens is 203 g/mol. The molecule has 0 spiro atoms. The average molecular weight is 220 g/mol. The standard InChI is InChI=1S/C13H17FN2/c1-4-13(3,5-2)16-11-7-6-10(9-15)12(14)8-11/h6-8,16H,4-5H2,1-3H3. The van der Waals surface area contributed by atoms with Crippen LogP contribution < -0.4 is 5.32 Å². The Hall–Kier alpha value is -1.56. The minimum Gasteiger partial charge on any atom is -0.380 e. The number of benzene rings is 1. The summed E-state index contributed by atoms with van der Waals surface area (Å²) < 4.78 is 13.4. The lowest BCUT2D eigenvalue weighted by Gasteiger charge is -2.29. The van der Waals surface area contributed by atoms with E-state index in [2.05, 4.69) is 26.1 Å². The van der Waals surface area contributed by atoms with E-state index in [-0.39, 0.29) is 11.1 Å². The molecule has 1 rings (SSSR count). The zero-order chi connectivity index (χ0) is 12.2. The van der Waals surface area contributed by atoms with Gasteiger partial charge in [-0.05, 0) is 38.0 Å². The van der Waals surface area contributed by atoms with E-state index in [1.54, 1.807) is 6.07 Å². The molecule has 0 saturated carbocycles. The normalized spacial score (nSPS) is 10.9. The second-order valence-electron chi connectivity index (χ2n) is 4.20. The van der Waals surface area contributed by atoms with Crippen LogP contribution in [0.3, 0.4) is 0 Å². The number of nitrogens with one attached hydrogen (secondary N) is 1. The predicted molar refractivity (Wildman–Crippen MR) is 63.7 cm³/mol. The van der Waals surface area contributed by atoms with Crippen LogP contribution in [0.4, 0.5) is 10.1 Å². The first-order valence-electron chi connectivity index (χ1n) is 5.52. The van der Waals surface area contributed by atoms with Crippen LogP contribution in [0.1, 0.15) is 39.2 Å². The van der Waals surface area contributed by atoms with Crippen LogP contribution in [0.5, 0.6) is 0 Å². The van der Waals surface area contributed by atoms with Gasteiger partial charge in [0.15, 0.2) is 0 Å². The molecule has 0 aliphatic carbocycles. The van der Waals surface area contributed by atoms with Gasteiger partial charge < -0.3 is 5.32 Å². The minimum atomic E-state index is -0.470. The predicted octanol–water partition coefficient (Wildman–Crippen LogP) is 3.69. The largest absolute Gasteiger partial charge is 0.380 e. The van der Waals surface area contributed by atoms with Crippen molar-refractivity contribution in [2.45, 2.75) is 39.2 Å². The van der Waals surface area contributed by atoms with Crippen LogP contribution in [0.25, 0.3) is 0 Å². The van der Waals surface area contributed by atoms with E-state index in [4.69, 9.17) is 5.26 Å². The summed E-state index contributed by atoms with van der Waals surface area (Å²) in [6.07, 6.45) is 1.93. The molecular formula is C13H17FN2. The van der Waals surface area contributed by atoms with Crippen molar-refractivity contribution in [1.29, 1.82) is 5.26 Å². The molecule has 16 heavy (non-hydrogen) atoms. The van der Waals surface area contributed by atoms with Crippen molar-refractivity contribution < 1.29 is 4.39 Å². The van der Waals surface area contributed by atoms with E-state index >= 15 is 0 Å². The Morgan fingerprint density at radius 2 is 2.00 bits per heavy atom. The molecule has 86 valence electrons. The lowest BCUT2D eigenvalue weighted by molar-refractivity contribution is 0.478. The van der Waals surface area contributed by atoms with Crippen LogP contribution in [0, 0.1) is 17.1 Å². The second kappa shape index (κ2) is 4.98. The summed E-state index contributed by atoms with van der Waals surface area (Å²) in [6, 6.07) is 6.43. The molecule has 0 aliphatic rings. The Bertz CT molecular complexity index is 403. The zero-order valence-electron chi connectivity index (χ0n) is 9.97. The number of anilines is 1. The van der Waals surface area contributed by atoms with Crippen LogP contribution in [-0.4, -0.2) is 5.54 Å². The number of hydrogen-bond acceptors (Lipinski definition) is 2. The molecule has 0 heterocycles. The van der Waals surface area contributed by atoms with Gasteiger partial charge in [-0.3, -0.25) is 0 Å². The van der Waals surface area contributed by atoms with Gasteiger partial charge in [-0.1, -0.05) is 13.8 Å². The number of halogens is 1. The van der Waals surface area contributed by atoms with Gasteiger partial charge >= 0.3 is 0 Å². The molecule has 3 heteroatoms. The Morgan fingerprint density at radius 1 is 1.38 bits per heavy atom. The van der Waals surface area contributed by atoms with Crippen LogP contribution in [0.15, 0.2) is 18.2 Å². The number of rotatable bonds is 4. The van der Waals surface area contributed by atoms with Gasteiger partial charge in [-0.2, -0.15) is 5.26 Å². The number of nitriles is 1. The quantitative estimate of drug-likeness (QED) is 0.840. The second-order valence-corrected chi connectivity index (χ2v) is 4.20. The summed E-state index contributed by atoms with van der Waals surface area (Å²) in [5.41, 5.74) is 0.781. The van der Waals surface area contributed by atoms with Crippen molar-refractivity contribution in [3.8, 4) is 6.07 Å². The fourth-order valence-electron chi connectivity index (χ4n) is 1.46. The molecule has 0 aliphatic heterocycles. The summed E-state index contributed by atoms with van der Waals surface area (Å²) >= 11 is 0. The molecule has 0 fully saturated rings. The summed E-state index contributed by atoms with van der Waals surface area (Å²) in [6.45, 7) is 6.29. The molecule has 0 aromatic heterocycles. The van der Waals surface area contributed by atoms with Crippen LogP contribution in [-0.2, 0) is 0 Å². The first-order valence-corrected chi connectivity index (χ1v) is 5.52. The van der Waals surface area contributed by atoms with Crippen molar-refractivity contribution in [1.82, 2.24) is 0 Å². The maximum Gasteiger partial charge on any atom is 0.143 e. The highest BCUT2D eigenvalue weighted by Gasteiger charge is 2.19. The van der Waals surface area contributed by atoms with E-state index in [0.29, 0.717) is 0 Å². The van der Waals surface area contributed by atoms with Crippen molar-refractivity contribution in [2.75, 3.05) is 5.32 Å². The van der Waals surface area contributed by atoms with E-state index in [1.165, 1.54) is 12.1 Å². The molecule has 1 aromatic rings. The molecule has 0 radical (unpaired) electrons. The Balaban J connectivity index is 2.91. The topological polar surface area (TPSA) is 35.8 Å². The number of hydrogen-bond donors (Lipinski definition) is 1. The summed E-state index contributed by atoms with van der Waals surface area (Å²) in [5.74, 6) is -0.470. The molecule has 0 unspecified atom stereocenters. The lowest BCUT2D eigenvalue weighted by Crippen LogP contribution is -2.32. The molecule has 0 atom stereocenters. The monoisotopic (exact) mass is 220 g/mol. The first kappa shape index (κ1) is 12.5. The third-order valence-electron chi connectivity index (χ3n) is 3.10. The van der Waals surface area contributed by atoms with Gasteiger partial charge in [0.1, 0.15) is 11.9 Å². The molecule has 1 aromatic carbocycles. The summed E-state index contributed by atoms with van der Waals surface area (Å²) in [7, 11) is 0. The van der Waals surface area contributed by atoms with Crippen molar-refractivity contribution >= 4 is 5.69 Å². The van der Waals surface area contributed by atoms with Gasteiger partial charge in [0.05, 0.1) is 5.56 Å². The fourth-order valence-corrected chi connectivity index (χ4v) is 1.46. The first-order chi connectivity index (χ1) is 7.54. The van der Waals surface area contributed by atoms with Crippen molar-refractivity contribution in [3.05, 3.63) is 29.6 Å². The van der Waals surface area contributed by atoms with E-state index < -0.39 is 5.82 Å². The van der Waals surface area contributed by atoms with Gasteiger partial charge in [-0.25, -0.2) is 4.39 Å². The smallest absolute Gasteiger partial charge is 0.143 e. The SMILES string of the molecule is CCC(C)(CC)Nc1ccc(C#N)c(F)c1. The van der Waals surface area contributed by atoms with E-state index in [0.717, 1.165) is 18.5 Å². The van der Waals surface area contributed by atoms with E-state index in [9.17, 15) is 4.39 Å². The average Bonchev–Trinajstić information content (AvgIpc) is 2.29. The van der Waals surface area contributed by atoms with Crippen LogP contribution >= 0.6 is 0 Å². The maximum atomic E-state index is 13.4. The summed E-state index contributed by atoms with van der Waals surface area (Å²) in [5, 5.41) is 11.9. The minimum absolute atomic E-state index is 0.0272. The lowest BCUT2D eigenvalue weighted by atomic mass is 9.95. The summed E-state index contributed by atoms with van der Waals surface area (Å²) in [4.78, 5) is 0. The van der Waals surface area contributed by atoms with Gasteiger partial charge in [0, 0.05) is 11.2 Å². The highest BCUT2D eigenvalue weighted by Crippen LogP contribution is 2.23.